The molecule has 0 aliphatic rings. The Labute approximate surface area is 350 Å². The minimum atomic E-state index is 1.24. The molecule has 0 aliphatic carbocycles. The molecule has 0 fully saturated rings. The van der Waals surface area contributed by atoms with Gasteiger partial charge in [0.1, 0.15) is 0 Å². The van der Waals surface area contributed by atoms with Gasteiger partial charge in [-0.3, -0.25) is 0 Å². The van der Waals surface area contributed by atoms with Crippen molar-refractivity contribution < 1.29 is 0 Å². The Hall–Kier alpha value is -6.14. The van der Waals surface area contributed by atoms with Crippen LogP contribution in [0.1, 0.15) is 0 Å². The standard InChI is InChI=1S/C54H30S4/c1-3-8-31(9-4-1)35-14-18-43-39(27-35)51-47(55-43)22-24-49-53(51)41-29-37(16-20-45(41)57-49)33-12-7-13-34(26-33)38-17-21-46-42(30-38)54-50(58-46)25-23-48-52(54)40-28-36(15-19-44(40)56-48)32-10-5-2-6-11-32/h1-30H. The van der Waals surface area contributed by atoms with Crippen LogP contribution in [0, 0.1) is 0 Å². The van der Waals surface area contributed by atoms with Gasteiger partial charge in [0, 0.05) is 80.7 Å². The first-order valence-corrected chi connectivity index (χ1v) is 22.8. The molecule has 0 bridgehead atoms. The fourth-order valence-corrected chi connectivity index (χ4v) is 13.5. The van der Waals surface area contributed by atoms with E-state index in [-0.39, 0.29) is 0 Å². The molecule has 0 N–H and O–H groups in total. The first-order chi connectivity index (χ1) is 28.7. The lowest BCUT2D eigenvalue weighted by molar-refractivity contribution is 1.63. The van der Waals surface area contributed by atoms with E-state index in [2.05, 4.69) is 182 Å². The molecule has 0 atom stereocenters. The summed E-state index contributed by atoms with van der Waals surface area (Å²) in [7, 11) is 0. The van der Waals surface area contributed by atoms with Crippen LogP contribution in [0.25, 0.3) is 125 Å². The molecule has 4 aromatic heterocycles. The van der Waals surface area contributed by atoms with E-state index in [1.807, 2.05) is 45.3 Å². The van der Waals surface area contributed by atoms with Crippen LogP contribution in [0.4, 0.5) is 0 Å². The van der Waals surface area contributed by atoms with Gasteiger partial charge in [0.2, 0.25) is 0 Å². The van der Waals surface area contributed by atoms with Gasteiger partial charge in [-0.05, 0) is 123 Å². The molecule has 13 aromatic rings. The van der Waals surface area contributed by atoms with Crippen molar-refractivity contribution in [1.82, 2.24) is 0 Å². The lowest BCUT2D eigenvalue weighted by atomic mass is 9.96. The van der Waals surface area contributed by atoms with E-state index in [1.165, 1.54) is 125 Å². The number of fused-ring (bicyclic) bond motifs is 14. The minimum Gasteiger partial charge on any atom is -0.135 e. The van der Waals surface area contributed by atoms with Crippen LogP contribution in [-0.2, 0) is 0 Å². The molecule has 0 nitrogen and oxygen atoms in total. The number of rotatable bonds is 4. The second-order valence-electron chi connectivity index (χ2n) is 15.2. The molecule has 4 heterocycles. The highest BCUT2D eigenvalue weighted by atomic mass is 32.1. The molecule has 4 heteroatoms. The van der Waals surface area contributed by atoms with Crippen LogP contribution in [-0.4, -0.2) is 0 Å². The quantitative estimate of drug-likeness (QED) is 0.166. The van der Waals surface area contributed by atoms with Gasteiger partial charge in [0.25, 0.3) is 0 Å². The lowest BCUT2D eigenvalue weighted by Crippen LogP contribution is -1.82. The van der Waals surface area contributed by atoms with Gasteiger partial charge in [0.05, 0.1) is 0 Å². The maximum atomic E-state index is 2.44. The highest BCUT2D eigenvalue weighted by Crippen LogP contribution is 2.48. The molecular weight excluding hydrogens is 777 g/mol. The van der Waals surface area contributed by atoms with E-state index in [0.717, 1.165) is 0 Å². The van der Waals surface area contributed by atoms with Crippen molar-refractivity contribution in [2.75, 3.05) is 0 Å². The summed E-state index contributed by atoms with van der Waals surface area (Å²) in [6.45, 7) is 0. The predicted molar refractivity (Wildman–Crippen MR) is 260 cm³/mol. The van der Waals surface area contributed by atoms with Crippen LogP contribution in [0.2, 0.25) is 0 Å². The predicted octanol–water partition coefficient (Wildman–Crippen LogP) is 17.8. The van der Waals surface area contributed by atoms with Crippen LogP contribution < -0.4 is 0 Å². The molecule has 0 aliphatic heterocycles. The first-order valence-electron chi connectivity index (χ1n) is 19.5. The van der Waals surface area contributed by atoms with E-state index in [9.17, 15) is 0 Å². The molecule has 270 valence electrons. The third-order valence-corrected chi connectivity index (χ3v) is 16.4. The Morgan fingerprint density at radius 1 is 0.190 bits per heavy atom. The number of benzene rings is 9. The highest BCUT2D eigenvalue weighted by molar-refractivity contribution is 7.28. The van der Waals surface area contributed by atoms with Crippen LogP contribution in [0.15, 0.2) is 182 Å². The van der Waals surface area contributed by atoms with E-state index in [4.69, 9.17) is 0 Å². The average Bonchev–Trinajstić information content (AvgIpc) is 4.05. The Balaban J connectivity index is 0.950. The smallest absolute Gasteiger partial charge is 0.0362 e. The highest BCUT2D eigenvalue weighted by Gasteiger charge is 2.18. The lowest BCUT2D eigenvalue weighted by Gasteiger charge is -2.08. The maximum Gasteiger partial charge on any atom is 0.0362 e. The summed E-state index contributed by atoms with van der Waals surface area (Å²) < 4.78 is 10.7. The second kappa shape index (κ2) is 12.7. The van der Waals surface area contributed by atoms with E-state index in [1.54, 1.807) is 0 Å². The Morgan fingerprint density at radius 3 is 0.776 bits per heavy atom. The van der Waals surface area contributed by atoms with Crippen molar-refractivity contribution in [2.45, 2.75) is 0 Å². The van der Waals surface area contributed by atoms with Crippen molar-refractivity contribution in [3.05, 3.63) is 182 Å². The maximum absolute atomic E-state index is 2.44. The summed E-state index contributed by atoms with van der Waals surface area (Å²) in [5, 5.41) is 10.9. The molecule has 9 aromatic carbocycles. The summed E-state index contributed by atoms with van der Waals surface area (Å²) in [4.78, 5) is 0. The monoisotopic (exact) mass is 806 g/mol. The van der Waals surface area contributed by atoms with Gasteiger partial charge in [-0.25, -0.2) is 0 Å². The first kappa shape index (κ1) is 32.9. The normalized spacial score (nSPS) is 12.1. The zero-order valence-corrected chi connectivity index (χ0v) is 34.2. The largest absolute Gasteiger partial charge is 0.135 e. The van der Waals surface area contributed by atoms with E-state index in [0.29, 0.717) is 0 Å². The Bertz CT molecular complexity index is 3540. The molecule has 0 saturated heterocycles. The molecule has 0 unspecified atom stereocenters. The van der Waals surface area contributed by atoms with Crippen molar-refractivity contribution >= 4 is 126 Å². The number of hydrogen-bond donors (Lipinski definition) is 0. The fourth-order valence-electron chi connectivity index (χ4n) is 9.13. The molecule has 58 heavy (non-hydrogen) atoms. The molecule has 13 rings (SSSR count). The topological polar surface area (TPSA) is 0 Å². The number of thiophene rings is 4. The SMILES string of the molecule is c1ccc(-c2ccc3sc4ccc5sc6ccc(-c7cccc(-c8ccc9sc%10ccc%11sc%12ccc(-c%13ccccc%13)cc%12c%11c%10c9c8)c7)cc6c5c4c3c2)cc1. The second-order valence-corrected chi connectivity index (χ2v) is 19.5. The Morgan fingerprint density at radius 2 is 0.448 bits per heavy atom. The van der Waals surface area contributed by atoms with Gasteiger partial charge >= 0.3 is 0 Å². The summed E-state index contributed by atoms with van der Waals surface area (Å²) in [5.74, 6) is 0. The summed E-state index contributed by atoms with van der Waals surface area (Å²) >= 11 is 7.61. The van der Waals surface area contributed by atoms with Gasteiger partial charge < -0.3 is 0 Å². The van der Waals surface area contributed by atoms with Crippen LogP contribution in [0.5, 0.6) is 0 Å². The van der Waals surface area contributed by atoms with Crippen molar-refractivity contribution in [1.29, 1.82) is 0 Å². The summed E-state index contributed by atoms with van der Waals surface area (Å²) in [6.07, 6.45) is 0. The fraction of sp³-hybridized carbons (Fsp3) is 0. The Kier molecular flexibility index (Phi) is 7.19. The molecule has 0 radical (unpaired) electrons. The third kappa shape index (κ3) is 5.03. The number of hydrogen-bond acceptors (Lipinski definition) is 4. The van der Waals surface area contributed by atoms with Gasteiger partial charge in [-0.1, -0.05) is 103 Å². The van der Waals surface area contributed by atoms with Crippen molar-refractivity contribution in [3.63, 3.8) is 0 Å². The van der Waals surface area contributed by atoms with Crippen molar-refractivity contribution in [3.8, 4) is 44.5 Å². The van der Waals surface area contributed by atoms with Gasteiger partial charge in [0.15, 0.2) is 0 Å². The average molecular weight is 807 g/mol. The van der Waals surface area contributed by atoms with Crippen LogP contribution >= 0.6 is 45.3 Å². The molecular formula is C54H30S4. The molecule has 0 amide bonds. The zero-order chi connectivity index (χ0) is 37.9. The molecule has 0 spiro atoms. The van der Waals surface area contributed by atoms with Gasteiger partial charge in [-0.15, -0.1) is 45.3 Å². The van der Waals surface area contributed by atoms with E-state index >= 15 is 0 Å². The zero-order valence-electron chi connectivity index (χ0n) is 31.0. The van der Waals surface area contributed by atoms with Gasteiger partial charge in [-0.2, -0.15) is 0 Å². The summed E-state index contributed by atoms with van der Waals surface area (Å²) in [5.41, 5.74) is 10.0. The van der Waals surface area contributed by atoms with E-state index < -0.39 is 0 Å². The summed E-state index contributed by atoms with van der Waals surface area (Å²) in [6, 6.07) is 68.1. The van der Waals surface area contributed by atoms with Crippen molar-refractivity contribution in [2.24, 2.45) is 0 Å². The van der Waals surface area contributed by atoms with Crippen LogP contribution in [0.3, 0.4) is 0 Å². The minimum absolute atomic E-state index is 1.24. The third-order valence-electron chi connectivity index (χ3n) is 11.9. The molecule has 0 saturated carbocycles.